The van der Waals surface area contributed by atoms with Crippen LogP contribution in [0.4, 0.5) is 49.7 Å². The fourth-order valence-electron chi connectivity index (χ4n) is 7.08. The smallest absolute Gasteiger partial charge is 0.346 e. The second-order valence-electron chi connectivity index (χ2n) is 15.8. The normalized spacial score (nSPS) is 16.3. The van der Waals surface area contributed by atoms with Gasteiger partial charge in [0.25, 0.3) is 0 Å². The van der Waals surface area contributed by atoms with Crippen LogP contribution in [0.25, 0.3) is 22.0 Å². The molecule has 12 nitrogen and oxygen atoms in total. The number of aromatic nitrogens is 5. The fourth-order valence-corrected chi connectivity index (χ4v) is 8.06. The van der Waals surface area contributed by atoms with Gasteiger partial charge in [-0.2, -0.15) is 36.5 Å². The maximum absolute atomic E-state index is 14.7. The zero-order valence-corrected chi connectivity index (χ0v) is 36.7. The number of hydrogen-bond acceptors (Lipinski definition) is 8. The van der Waals surface area contributed by atoms with Crippen LogP contribution in [0, 0.1) is 29.4 Å². The fraction of sp³-hybridized carbons (Fsp3) is 0.400. The number of alkyl halides is 8. The second-order valence-corrected chi connectivity index (χ2v) is 20.6. The van der Waals surface area contributed by atoms with Crippen LogP contribution in [0.1, 0.15) is 66.1 Å². The average molecular weight is 984 g/mol. The maximum Gasteiger partial charge on any atom is 0.435 e. The Labute approximate surface area is 369 Å². The molecule has 3 atom stereocenters. The molecule has 6 rings (SSSR count). The first-order valence-corrected chi connectivity index (χ1v) is 23.2. The Morgan fingerprint density at radius 1 is 0.938 bits per heavy atom. The van der Waals surface area contributed by atoms with Crippen molar-refractivity contribution in [3.05, 3.63) is 93.0 Å². The summed E-state index contributed by atoms with van der Waals surface area (Å²) in [6.07, 6.45) is -9.17. The highest BCUT2D eigenvalue weighted by Crippen LogP contribution is 2.52. The lowest BCUT2D eigenvalue weighted by atomic mass is 9.93. The highest BCUT2D eigenvalue weighted by atomic mass is 35.5. The monoisotopic (exact) mass is 983 g/mol. The number of fused-ring (bicyclic) bond motifs is 1. The van der Waals surface area contributed by atoms with E-state index in [2.05, 4.69) is 32.3 Å². The summed E-state index contributed by atoms with van der Waals surface area (Å²) in [4.78, 5) is 18.6. The number of carbonyl (C=O) groups is 1. The SMILES string of the molecule is CC(C)(C#Cc1ccc(-c2ccc(Cl)c3c(NS(C)(=O)=O)nn(CC(F)(F)F)c23)c(C(Cc2cc(F)cc(F)c2)NC(=O)Cn2nc(C(F)(F)F)c(C3CC3CF)c2CF)n1)S(C)(=O)=O. The van der Waals surface area contributed by atoms with Gasteiger partial charge >= 0.3 is 12.4 Å². The Hall–Kier alpha value is -5.41. The number of sulfone groups is 1. The third-order valence-electron chi connectivity index (χ3n) is 10.4. The minimum atomic E-state index is -5.15. The number of halogens is 11. The predicted molar refractivity (Wildman–Crippen MR) is 218 cm³/mol. The van der Waals surface area contributed by atoms with Crippen molar-refractivity contribution in [1.29, 1.82) is 0 Å². The standard InChI is InChI=1S/C40H36ClF10N7O5S2/c1-38(2,64(3,60)61)10-9-24-5-6-25(26-7-8-28(41)33-35(26)58(19-39(46,47)48)55-37(33)56-65(4,62)63)34(52-24)29(13-20-11-22(44)15-23(45)12-20)53-31(59)18-57-30(17-43)32(27-14-21(27)16-42)36(54-57)40(49,50)51/h5-8,11-12,15,21,27,29H,13-14,16-19H2,1-4H3,(H,53,59)(H,55,56). The van der Waals surface area contributed by atoms with Crippen molar-refractivity contribution >= 4 is 54.1 Å². The average Bonchev–Trinajstić information content (AvgIpc) is 3.73. The molecule has 0 saturated heterocycles. The van der Waals surface area contributed by atoms with Crippen LogP contribution in [-0.4, -0.2) is 77.4 Å². The Balaban J connectivity index is 1.60. The van der Waals surface area contributed by atoms with Crippen molar-refractivity contribution in [2.24, 2.45) is 5.92 Å². The van der Waals surface area contributed by atoms with E-state index < -0.39 is 134 Å². The summed E-state index contributed by atoms with van der Waals surface area (Å²) < 4.78 is 193. The third-order valence-corrected chi connectivity index (χ3v) is 13.2. The molecule has 5 aromatic rings. The largest absolute Gasteiger partial charge is 0.435 e. The zero-order valence-electron chi connectivity index (χ0n) is 34.3. The Kier molecular flexibility index (Phi) is 13.4. The molecule has 350 valence electrons. The predicted octanol–water partition coefficient (Wildman–Crippen LogP) is 8.00. The highest BCUT2D eigenvalue weighted by Gasteiger charge is 2.49. The molecule has 0 bridgehead atoms. The molecule has 0 aliphatic heterocycles. The first-order chi connectivity index (χ1) is 30.0. The molecule has 3 heterocycles. The lowest BCUT2D eigenvalue weighted by Crippen LogP contribution is -2.34. The van der Waals surface area contributed by atoms with Crippen molar-refractivity contribution < 1.29 is 65.5 Å². The molecule has 1 aliphatic carbocycles. The number of nitrogens with zero attached hydrogens (tertiary/aromatic N) is 5. The van der Waals surface area contributed by atoms with E-state index in [1.807, 2.05) is 4.72 Å². The summed E-state index contributed by atoms with van der Waals surface area (Å²) in [7, 11) is -8.05. The molecule has 65 heavy (non-hydrogen) atoms. The summed E-state index contributed by atoms with van der Waals surface area (Å²) in [5.74, 6) is -0.752. The van der Waals surface area contributed by atoms with Gasteiger partial charge < -0.3 is 5.32 Å². The number of amides is 1. The van der Waals surface area contributed by atoms with E-state index in [4.69, 9.17) is 11.6 Å². The van der Waals surface area contributed by atoms with E-state index in [1.165, 1.54) is 38.1 Å². The number of rotatable bonds is 14. The second kappa shape index (κ2) is 17.8. The molecule has 1 aliphatic rings. The molecular weight excluding hydrogens is 948 g/mol. The van der Waals surface area contributed by atoms with Gasteiger partial charge in [0.05, 0.1) is 46.3 Å². The van der Waals surface area contributed by atoms with E-state index >= 15 is 0 Å². The van der Waals surface area contributed by atoms with Gasteiger partial charge in [0.15, 0.2) is 21.3 Å². The molecule has 3 aromatic heterocycles. The van der Waals surface area contributed by atoms with Crippen LogP contribution in [-0.2, 0) is 57.0 Å². The number of nitrogens with one attached hydrogen (secondary N) is 2. The van der Waals surface area contributed by atoms with E-state index in [0.717, 1.165) is 18.4 Å². The van der Waals surface area contributed by atoms with Crippen LogP contribution in [0.5, 0.6) is 0 Å². The first kappa shape index (κ1) is 49.0. The molecule has 1 fully saturated rings. The van der Waals surface area contributed by atoms with Crippen molar-refractivity contribution in [2.45, 2.75) is 75.5 Å². The first-order valence-electron chi connectivity index (χ1n) is 19.0. The van der Waals surface area contributed by atoms with Crippen LogP contribution < -0.4 is 10.0 Å². The van der Waals surface area contributed by atoms with Crippen LogP contribution >= 0.6 is 11.6 Å². The van der Waals surface area contributed by atoms with Gasteiger partial charge in [0.1, 0.15) is 41.8 Å². The zero-order chi connectivity index (χ0) is 48.2. The van der Waals surface area contributed by atoms with Gasteiger partial charge in [0.2, 0.25) is 15.9 Å². The van der Waals surface area contributed by atoms with Crippen LogP contribution in [0.3, 0.4) is 0 Å². The number of hydrogen-bond donors (Lipinski definition) is 2. The Morgan fingerprint density at radius 3 is 2.14 bits per heavy atom. The number of anilines is 1. The van der Waals surface area contributed by atoms with Gasteiger partial charge in [-0.1, -0.05) is 23.6 Å². The molecule has 0 radical (unpaired) electrons. The Morgan fingerprint density at radius 2 is 1.58 bits per heavy atom. The van der Waals surface area contributed by atoms with Crippen LogP contribution in [0.2, 0.25) is 5.02 Å². The van der Waals surface area contributed by atoms with E-state index in [9.17, 15) is 65.5 Å². The Bertz CT molecular complexity index is 2960. The van der Waals surface area contributed by atoms with Crippen molar-refractivity contribution in [3.63, 3.8) is 0 Å². The van der Waals surface area contributed by atoms with E-state index in [-0.39, 0.29) is 44.9 Å². The van der Waals surface area contributed by atoms with Crippen molar-refractivity contribution in [1.82, 2.24) is 29.9 Å². The third kappa shape index (κ3) is 11.2. The summed E-state index contributed by atoms with van der Waals surface area (Å²) in [5.41, 5.74) is -4.39. The minimum Gasteiger partial charge on any atom is -0.346 e. The van der Waals surface area contributed by atoms with Gasteiger partial charge in [-0.15, -0.1) is 0 Å². The molecule has 1 saturated carbocycles. The summed E-state index contributed by atoms with van der Waals surface area (Å²) in [5, 5.41) is 9.23. The topological polar surface area (TPSA) is 158 Å². The summed E-state index contributed by atoms with van der Waals surface area (Å²) in [6, 6.07) is 5.39. The van der Waals surface area contributed by atoms with Crippen LogP contribution in [0.15, 0.2) is 42.5 Å². The molecule has 2 aromatic carbocycles. The lowest BCUT2D eigenvalue weighted by Gasteiger charge is -2.23. The quantitative estimate of drug-likeness (QED) is 0.0838. The van der Waals surface area contributed by atoms with Gasteiger partial charge in [0, 0.05) is 29.0 Å². The van der Waals surface area contributed by atoms with E-state index in [1.54, 1.807) is 0 Å². The molecular formula is C40H36ClF10N7O5S2. The molecule has 1 amide bonds. The van der Waals surface area contributed by atoms with Gasteiger partial charge in [-0.25, -0.2) is 35.0 Å². The number of benzene rings is 2. The molecule has 2 N–H and O–H groups in total. The summed E-state index contributed by atoms with van der Waals surface area (Å²) in [6.45, 7) is -2.94. The van der Waals surface area contributed by atoms with Gasteiger partial charge in [-0.05, 0) is 80.3 Å². The van der Waals surface area contributed by atoms with E-state index in [0.29, 0.717) is 21.7 Å². The molecule has 25 heteroatoms. The number of pyridine rings is 1. The van der Waals surface area contributed by atoms with Gasteiger partial charge in [-0.3, -0.25) is 23.3 Å². The van der Waals surface area contributed by atoms with Crippen molar-refractivity contribution in [2.75, 3.05) is 23.9 Å². The minimum absolute atomic E-state index is 0.0442. The lowest BCUT2D eigenvalue weighted by molar-refractivity contribution is -0.142. The molecule has 3 unspecified atom stereocenters. The molecule has 0 spiro atoms. The number of sulfonamides is 1. The maximum atomic E-state index is 14.7. The number of carbonyl (C=O) groups excluding carboxylic acids is 1. The summed E-state index contributed by atoms with van der Waals surface area (Å²) >= 11 is 6.47. The van der Waals surface area contributed by atoms with Crippen molar-refractivity contribution in [3.8, 4) is 23.0 Å². The highest BCUT2D eigenvalue weighted by molar-refractivity contribution is 7.92.